The zero-order valence-electron chi connectivity index (χ0n) is 17.3. The highest BCUT2D eigenvalue weighted by atomic mass is 16.5. The van der Waals surface area contributed by atoms with Crippen molar-refractivity contribution in [2.45, 2.75) is 40.2 Å². The average molecular weight is 391 g/mol. The Bertz CT molecular complexity index is 1040. The number of methoxy groups -OCH3 is 1. The van der Waals surface area contributed by atoms with E-state index in [1.165, 1.54) is 7.11 Å². The van der Waals surface area contributed by atoms with Gasteiger partial charge in [0.25, 0.3) is 5.91 Å². The number of ether oxygens (including phenoxy) is 1. The SMILES string of the molecule is CCCn1c(C)cc(/C=C(/C#N)C(=O)N2CCc3cc(C(=O)OC)ccc32)c1C. The number of nitrogens with zero attached hydrogens (tertiary/aromatic N) is 3. The molecule has 0 saturated carbocycles. The standard InChI is InChI=1S/C23H25N3O3/c1-5-9-25-15(2)11-19(16(25)3)13-20(14-24)22(27)26-10-8-17-12-18(23(28)29-4)6-7-21(17)26/h6-7,11-13H,5,8-10H2,1-4H3/b20-13-. The van der Waals surface area contributed by atoms with Crippen LogP contribution in [0.4, 0.5) is 5.69 Å². The molecule has 6 nitrogen and oxygen atoms in total. The number of esters is 1. The Hall–Kier alpha value is -3.33. The third-order valence-electron chi connectivity index (χ3n) is 5.35. The van der Waals surface area contributed by atoms with E-state index in [1.807, 2.05) is 19.9 Å². The molecule has 1 aromatic heterocycles. The normalized spacial score (nSPS) is 13.2. The number of carbonyl (C=O) groups is 2. The van der Waals surface area contributed by atoms with Crippen molar-refractivity contribution in [3.05, 3.63) is 57.9 Å². The minimum atomic E-state index is -0.405. The summed E-state index contributed by atoms with van der Waals surface area (Å²) in [6.07, 6.45) is 3.33. The molecular weight excluding hydrogens is 366 g/mol. The number of amides is 1. The molecule has 2 aromatic rings. The first-order valence-electron chi connectivity index (χ1n) is 9.72. The molecule has 0 radical (unpaired) electrons. The summed E-state index contributed by atoms with van der Waals surface area (Å²) in [6.45, 7) is 7.54. The van der Waals surface area contributed by atoms with Gasteiger partial charge in [-0.15, -0.1) is 0 Å². The molecule has 2 heterocycles. The Morgan fingerprint density at radius 2 is 2.03 bits per heavy atom. The Morgan fingerprint density at radius 1 is 1.28 bits per heavy atom. The van der Waals surface area contributed by atoms with Gasteiger partial charge in [0.1, 0.15) is 11.6 Å². The van der Waals surface area contributed by atoms with E-state index in [0.717, 1.165) is 41.2 Å². The van der Waals surface area contributed by atoms with Crippen molar-refractivity contribution < 1.29 is 14.3 Å². The minimum Gasteiger partial charge on any atom is -0.465 e. The molecule has 0 fully saturated rings. The van der Waals surface area contributed by atoms with Crippen LogP contribution in [0.15, 0.2) is 29.8 Å². The largest absolute Gasteiger partial charge is 0.465 e. The molecule has 1 aliphatic heterocycles. The number of hydrogen-bond acceptors (Lipinski definition) is 4. The quantitative estimate of drug-likeness (QED) is 0.441. The van der Waals surface area contributed by atoms with Crippen molar-refractivity contribution in [3.8, 4) is 6.07 Å². The van der Waals surface area contributed by atoms with Crippen LogP contribution in [0.2, 0.25) is 0 Å². The first kappa shape index (κ1) is 20.4. The lowest BCUT2D eigenvalue weighted by Gasteiger charge is -2.17. The molecule has 0 spiro atoms. The van der Waals surface area contributed by atoms with E-state index >= 15 is 0 Å². The minimum absolute atomic E-state index is 0.103. The molecule has 29 heavy (non-hydrogen) atoms. The monoisotopic (exact) mass is 391 g/mol. The summed E-state index contributed by atoms with van der Waals surface area (Å²) in [5, 5.41) is 9.65. The second kappa shape index (κ2) is 8.36. The average Bonchev–Trinajstić information content (AvgIpc) is 3.26. The fourth-order valence-corrected chi connectivity index (χ4v) is 3.84. The fourth-order valence-electron chi connectivity index (χ4n) is 3.84. The third-order valence-corrected chi connectivity index (χ3v) is 5.35. The summed E-state index contributed by atoms with van der Waals surface area (Å²) >= 11 is 0. The predicted molar refractivity (Wildman–Crippen MR) is 112 cm³/mol. The van der Waals surface area contributed by atoms with Crippen molar-refractivity contribution in [1.29, 1.82) is 5.26 Å². The van der Waals surface area contributed by atoms with Gasteiger partial charge in [0.2, 0.25) is 0 Å². The number of hydrogen-bond donors (Lipinski definition) is 0. The molecule has 6 heteroatoms. The van der Waals surface area contributed by atoms with E-state index in [9.17, 15) is 14.9 Å². The number of benzene rings is 1. The highest BCUT2D eigenvalue weighted by Crippen LogP contribution is 2.31. The Labute approximate surface area is 171 Å². The van der Waals surface area contributed by atoms with E-state index in [4.69, 9.17) is 4.74 Å². The van der Waals surface area contributed by atoms with Crippen LogP contribution in [0, 0.1) is 25.2 Å². The van der Waals surface area contributed by atoms with E-state index in [2.05, 4.69) is 17.6 Å². The molecule has 0 bridgehead atoms. The van der Waals surface area contributed by atoms with Gasteiger partial charge in [-0.3, -0.25) is 4.79 Å². The van der Waals surface area contributed by atoms with Crippen molar-refractivity contribution in [2.75, 3.05) is 18.6 Å². The maximum atomic E-state index is 13.1. The van der Waals surface area contributed by atoms with E-state index in [0.29, 0.717) is 18.5 Å². The Balaban J connectivity index is 1.91. The molecular formula is C23H25N3O3. The topological polar surface area (TPSA) is 75.3 Å². The number of aromatic nitrogens is 1. The van der Waals surface area contributed by atoms with Crippen molar-refractivity contribution in [2.24, 2.45) is 0 Å². The molecule has 0 saturated heterocycles. The van der Waals surface area contributed by atoms with Gasteiger partial charge in [-0.05, 0) is 68.2 Å². The van der Waals surface area contributed by atoms with Crippen LogP contribution in [0.25, 0.3) is 6.08 Å². The van der Waals surface area contributed by atoms with Crippen LogP contribution in [0.5, 0.6) is 0 Å². The van der Waals surface area contributed by atoms with Crippen LogP contribution >= 0.6 is 0 Å². The second-order valence-electron chi connectivity index (χ2n) is 7.19. The third kappa shape index (κ3) is 3.81. The smallest absolute Gasteiger partial charge is 0.337 e. The van der Waals surface area contributed by atoms with Gasteiger partial charge in [-0.25, -0.2) is 4.79 Å². The summed E-state index contributed by atoms with van der Waals surface area (Å²) in [4.78, 5) is 26.4. The molecule has 0 N–H and O–H groups in total. The number of fused-ring (bicyclic) bond motifs is 1. The lowest BCUT2D eigenvalue weighted by Crippen LogP contribution is -2.29. The summed E-state index contributed by atoms with van der Waals surface area (Å²) < 4.78 is 6.96. The van der Waals surface area contributed by atoms with Gasteiger partial charge >= 0.3 is 5.97 Å². The number of carbonyl (C=O) groups excluding carboxylic acids is 2. The molecule has 0 unspecified atom stereocenters. The Morgan fingerprint density at radius 3 is 2.69 bits per heavy atom. The Kier molecular flexibility index (Phi) is 5.88. The molecule has 1 amide bonds. The number of aryl methyl sites for hydroxylation is 1. The van der Waals surface area contributed by atoms with E-state index in [-0.39, 0.29) is 11.5 Å². The van der Waals surface area contributed by atoms with Gasteiger partial charge < -0.3 is 14.2 Å². The lowest BCUT2D eigenvalue weighted by molar-refractivity contribution is -0.114. The van der Waals surface area contributed by atoms with Gasteiger partial charge in [0, 0.05) is 30.2 Å². The summed E-state index contributed by atoms with van der Waals surface area (Å²) in [5.74, 6) is -0.727. The lowest BCUT2D eigenvalue weighted by atomic mass is 10.1. The highest BCUT2D eigenvalue weighted by Gasteiger charge is 2.28. The molecule has 150 valence electrons. The number of rotatable bonds is 5. The first-order valence-corrected chi connectivity index (χ1v) is 9.72. The summed E-state index contributed by atoms with van der Waals surface area (Å²) in [7, 11) is 1.34. The number of anilines is 1. The fraction of sp³-hybridized carbons (Fsp3) is 0.348. The molecule has 0 aliphatic carbocycles. The van der Waals surface area contributed by atoms with Crippen molar-refractivity contribution in [1.82, 2.24) is 4.57 Å². The second-order valence-corrected chi connectivity index (χ2v) is 7.19. The van der Waals surface area contributed by atoms with Crippen LogP contribution in [0.1, 0.15) is 46.2 Å². The predicted octanol–water partition coefficient (Wildman–Crippen LogP) is 3.80. The van der Waals surface area contributed by atoms with Crippen LogP contribution in [-0.2, 0) is 22.5 Å². The first-order chi connectivity index (χ1) is 13.9. The zero-order valence-corrected chi connectivity index (χ0v) is 17.3. The van der Waals surface area contributed by atoms with Gasteiger partial charge in [0.15, 0.2) is 0 Å². The van der Waals surface area contributed by atoms with Gasteiger partial charge in [-0.2, -0.15) is 5.26 Å². The molecule has 3 rings (SSSR count). The maximum Gasteiger partial charge on any atom is 0.337 e. The van der Waals surface area contributed by atoms with Crippen molar-refractivity contribution >= 4 is 23.6 Å². The summed E-state index contributed by atoms with van der Waals surface area (Å²) in [6, 6.07) is 9.22. The number of nitriles is 1. The zero-order chi connectivity index (χ0) is 21.1. The van der Waals surface area contributed by atoms with Gasteiger partial charge in [0.05, 0.1) is 12.7 Å². The van der Waals surface area contributed by atoms with Crippen LogP contribution in [-0.4, -0.2) is 30.1 Å². The summed E-state index contributed by atoms with van der Waals surface area (Å²) in [5.41, 5.74) is 5.25. The van der Waals surface area contributed by atoms with E-state index < -0.39 is 5.97 Å². The molecule has 0 atom stereocenters. The maximum absolute atomic E-state index is 13.1. The van der Waals surface area contributed by atoms with Crippen molar-refractivity contribution in [3.63, 3.8) is 0 Å². The van der Waals surface area contributed by atoms with E-state index in [1.54, 1.807) is 29.2 Å². The van der Waals surface area contributed by atoms with Gasteiger partial charge in [-0.1, -0.05) is 6.92 Å². The highest BCUT2D eigenvalue weighted by molar-refractivity contribution is 6.12. The molecule has 1 aromatic carbocycles. The van der Waals surface area contributed by atoms with Crippen LogP contribution in [0.3, 0.4) is 0 Å². The van der Waals surface area contributed by atoms with Crippen LogP contribution < -0.4 is 4.90 Å². The molecule has 1 aliphatic rings.